The quantitative estimate of drug-likeness (QED) is 0.722. The molecule has 2 nitrogen and oxygen atoms in total. The highest BCUT2D eigenvalue weighted by molar-refractivity contribution is 9.10. The Bertz CT molecular complexity index is 648. The number of anilines is 1. The van der Waals surface area contributed by atoms with Gasteiger partial charge in [-0.1, -0.05) is 35.0 Å². The minimum absolute atomic E-state index is 0.179. The highest BCUT2D eigenvalue weighted by Crippen LogP contribution is 2.25. The van der Waals surface area contributed by atoms with E-state index in [9.17, 15) is 9.18 Å². The van der Waals surface area contributed by atoms with Crippen LogP contribution in [0.4, 0.5) is 10.1 Å². The number of rotatable bonds is 5. The number of carbonyl (C=O) groups excluding carboxylic acids is 1. The summed E-state index contributed by atoms with van der Waals surface area (Å²) < 4.78 is 14.4. The van der Waals surface area contributed by atoms with Gasteiger partial charge in [-0.2, -0.15) is 0 Å². The van der Waals surface area contributed by atoms with E-state index < -0.39 is 5.82 Å². The van der Waals surface area contributed by atoms with Crippen molar-refractivity contribution in [2.24, 2.45) is 0 Å². The molecule has 0 heterocycles. The number of benzene rings is 2. The van der Waals surface area contributed by atoms with E-state index in [1.54, 1.807) is 30.0 Å². The van der Waals surface area contributed by atoms with Crippen LogP contribution in [-0.4, -0.2) is 11.7 Å². The van der Waals surface area contributed by atoms with Gasteiger partial charge >= 0.3 is 0 Å². The molecule has 0 saturated carbocycles. The maximum atomic E-state index is 13.8. The SMILES string of the molecule is CCCSc1ccccc1C(=O)Nc1ccc(Br)cc1F. The number of hydrogen-bond donors (Lipinski definition) is 1. The summed E-state index contributed by atoms with van der Waals surface area (Å²) in [5.41, 5.74) is 0.747. The van der Waals surface area contributed by atoms with E-state index in [2.05, 4.69) is 28.2 Å². The summed E-state index contributed by atoms with van der Waals surface area (Å²) in [6.07, 6.45) is 1.03. The Labute approximate surface area is 136 Å². The molecule has 2 rings (SSSR count). The molecule has 0 atom stereocenters. The fourth-order valence-corrected chi connectivity index (χ4v) is 3.02. The first kappa shape index (κ1) is 16.0. The van der Waals surface area contributed by atoms with Crippen molar-refractivity contribution >= 4 is 39.3 Å². The van der Waals surface area contributed by atoms with E-state index in [1.165, 1.54) is 6.07 Å². The average Bonchev–Trinajstić information content (AvgIpc) is 2.48. The zero-order valence-electron chi connectivity index (χ0n) is 11.5. The van der Waals surface area contributed by atoms with Gasteiger partial charge in [0.2, 0.25) is 0 Å². The predicted octanol–water partition coefficient (Wildman–Crippen LogP) is 5.34. The zero-order valence-corrected chi connectivity index (χ0v) is 13.9. The standard InChI is InChI=1S/C16H15BrFNOS/c1-2-9-21-15-6-4-3-5-12(15)16(20)19-14-8-7-11(17)10-13(14)18/h3-8,10H,2,9H2,1H3,(H,19,20). The first-order valence-corrected chi connectivity index (χ1v) is 8.38. The van der Waals surface area contributed by atoms with Crippen LogP contribution >= 0.6 is 27.7 Å². The normalized spacial score (nSPS) is 10.4. The first-order chi connectivity index (χ1) is 10.1. The molecule has 0 bridgehead atoms. The maximum Gasteiger partial charge on any atom is 0.256 e. The van der Waals surface area contributed by atoms with Gasteiger partial charge in [-0.15, -0.1) is 11.8 Å². The fourth-order valence-electron chi connectivity index (χ4n) is 1.77. The van der Waals surface area contributed by atoms with Crippen molar-refractivity contribution in [2.75, 3.05) is 11.1 Å². The number of carbonyl (C=O) groups is 1. The summed E-state index contributed by atoms with van der Waals surface area (Å²) in [6.45, 7) is 2.09. The van der Waals surface area contributed by atoms with Crippen LogP contribution in [0.1, 0.15) is 23.7 Å². The number of halogens is 2. The van der Waals surface area contributed by atoms with Crippen molar-refractivity contribution in [1.29, 1.82) is 0 Å². The van der Waals surface area contributed by atoms with Gasteiger partial charge in [0.05, 0.1) is 11.3 Å². The second-order valence-corrected chi connectivity index (χ2v) is 6.48. The predicted molar refractivity (Wildman–Crippen MR) is 89.5 cm³/mol. The van der Waals surface area contributed by atoms with Gasteiger partial charge in [-0.3, -0.25) is 4.79 Å². The number of nitrogens with one attached hydrogen (secondary N) is 1. The maximum absolute atomic E-state index is 13.8. The minimum atomic E-state index is -0.462. The van der Waals surface area contributed by atoms with Crippen molar-refractivity contribution in [1.82, 2.24) is 0 Å². The third-order valence-corrected chi connectivity index (χ3v) is 4.55. The van der Waals surface area contributed by atoms with Crippen LogP contribution in [0, 0.1) is 5.82 Å². The Morgan fingerprint density at radius 1 is 1.29 bits per heavy atom. The summed E-state index contributed by atoms with van der Waals surface area (Å²) in [5.74, 6) is 0.184. The van der Waals surface area contributed by atoms with Gasteiger partial charge in [0.1, 0.15) is 5.82 Å². The molecule has 0 aliphatic heterocycles. The van der Waals surface area contributed by atoms with E-state index in [0.717, 1.165) is 17.1 Å². The Morgan fingerprint density at radius 2 is 2.05 bits per heavy atom. The Hall–Kier alpha value is -1.33. The third-order valence-electron chi connectivity index (χ3n) is 2.77. The highest BCUT2D eigenvalue weighted by Gasteiger charge is 2.13. The van der Waals surface area contributed by atoms with Gasteiger partial charge < -0.3 is 5.32 Å². The van der Waals surface area contributed by atoms with Crippen LogP contribution in [0.2, 0.25) is 0 Å². The monoisotopic (exact) mass is 367 g/mol. The topological polar surface area (TPSA) is 29.1 Å². The van der Waals surface area contributed by atoms with E-state index in [-0.39, 0.29) is 11.6 Å². The van der Waals surface area contributed by atoms with Crippen molar-refractivity contribution in [3.8, 4) is 0 Å². The molecular formula is C16H15BrFNOS. The molecule has 0 unspecified atom stereocenters. The van der Waals surface area contributed by atoms with Crippen LogP contribution in [0.3, 0.4) is 0 Å². The number of hydrogen-bond acceptors (Lipinski definition) is 2. The lowest BCUT2D eigenvalue weighted by atomic mass is 10.2. The van der Waals surface area contributed by atoms with E-state index in [0.29, 0.717) is 10.0 Å². The summed E-state index contributed by atoms with van der Waals surface area (Å²) in [6, 6.07) is 11.9. The molecule has 1 N–H and O–H groups in total. The molecular weight excluding hydrogens is 353 g/mol. The molecule has 0 aliphatic carbocycles. The second kappa shape index (κ2) is 7.61. The first-order valence-electron chi connectivity index (χ1n) is 6.60. The van der Waals surface area contributed by atoms with Gasteiger partial charge in [0.25, 0.3) is 5.91 Å². The van der Waals surface area contributed by atoms with Gasteiger partial charge in [-0.05, 0) is 42.5 Å². The highest BCUT2D eigenvalue weighted by atomic mass is 79.9. The van der Waals surface area contributed by atoms with Gasteiger partial charge in [-0.25, -0.2) is 4.39 Å². The second-order valence-electron chi connectivity index (χ2n) is 4.42. The largest absolute Gasteiger partial charge is 0.319 e. The summed E-state index contributed by atoms with van der Waals surface area (Å²) in [5, 5.41) is 2.62. The van der Waals surface area contributed by atoms with Crippen LogP contribution in [0.5, 0.6) is 0 Å². The Balaban J connectivity index is 2.20. The average molecular weight is 368 g/mol. The zero-order chi connectivity index (χ0) is 15.2. The summed E-state index contributed by atoms with van der Waals surface area (Å²) >= 11 is 4.82. The molecule has 0 radical (unpaired) electrons. The molecule has 1 amide bonds. The molecule has 2 aromatic carbocycles. The van der Waals surface area contributed by atoms with Crippen molar-refractivity contribution in [3.05, 3.63) is 58.3 Å². The van der Waals surface area contributed by atoms with Crippen LogP contribution < -0.4 is 5.32 Å². The van der Waals surface area contributed by atoms with Crippen molar-refractivity contribution in [2.45, 2.75) is 18.2 Å². The van der Waals surface area contributed by atoms with E-state index >= 15 is 0 Å². The molecule has 110 valence electrons. The van der Waals surface area contributed by atoms with E-state index in [1.807, 2.05) is 18.2 Å². The molecule has 2 aromatic rings. The molecule has 0 spiro atoms. The lowest BCUT2D eigenvalue weighted by Gasteiger charge is -2.10. The van der Waals surface area contributed by atoms with Crippen molar-refractivity contribution < 1.29 is 9.18 Å². The van der Waals surface area contributed by atoms with E-state index in [4.69, 9.17) is 0 Å². The van der Waals surface area contributed by atoms with Crippen molar-refractivity contribution in [3.63, 3.8) is 0 Å². The number of thioether (sulfide) groups is 1. The van der Waals surface area contributed by atoms with Gasteiger partial charge in [0, 0.05) is 9.37 Å². The molecule has 0 fully saturated rings. The van der Waals surface area contributed by atoms with Crippen LogP contribution in [0.15, 0.2) is 51.8 Å². The molecule has 0 aromatic heterocycles. The Morgan fingerprint density at radius 3 is 2.76 bits per heavy atom. The fraction of sp³-hybridized carbons (Fsp3) is 0.188. The summed E-state index contributed by atoms with van der Waals surface area (Å²) in [7, 11) is 0. The lowest BCUT2D eigenvalue weighted by molar-refractivity contribution is 0.102. The van der Waals surface area contributed by atoms with Gasteiger partial charge in [0.15, 0.2) is 0 Å². The summed E-state index contributed by atoms with van der Waals surface area (Å²) in [4.78, 5) is 13.2. The lowest BCUT2D eigenvalue weighted by Crippen LogP contribution is -2.14. The Kier molecular flexibility index (Phi) is 5.82. The third kappa shape index (κ3) is 4.32. The molecule has 5 heteroatoms. The molecule has 0 saturated heterocycles. The smallest absolute Gasteiger partial charge is 0.256 e. The molecule has 0 aliphatic rings. The van der Waals surface area contributed by atoms with Crippen LogP contribution in [0.25, 0.3) is 0 Å². The molecule has 21 heavy (non-hydrogen) atoms. The van der Waals surface area contributed by atoms with Crippen LogP contribution in [-0.2, 0) is 0 Å². The minimum Gasteiger partial charge on any atom is -0.319 e. The number of amides is 1.